The van der Waals surface area contributed by atoms with Crippen molar-refractivity contribution in [1.82, 2.24) is 9.80 Å². The summed E-state index contributed by atoms with van der Waals surface area (Å²) in [4.78, 5) is 17.1. The molecule has 2 heterocycles. The zero-order valence-electron chi connectivity index (χ0n) is 12.7. The molecule has 1 saturated carbocycles. The van der Waals surface area contributed by atoms with Crippen LogP contribution in [0.25, 0.3) is 0 Å². The lowest BCUT2D eigenvalue weighted by Crippen LogP contribution is -2.41. The third kappa shape index (κ3) is 3.34. The second-order valence-corrected chi connectivity index (χ2v) is 6.79. The maximum atomic E-state index is 12.5. The molecule has 0 aromatic heterocycles. The van der Waals surface area contributed by atoms with Crippen molar-refractivity contribution in [2.75, 3.05) is 39.8 Å². The number of ether oxygens (including phenoxy) is 1. The lowest BCUT2D eigenvalue weighted by atomic mass is 10.1. The third-order valence-electron chi connectivity index (χ3n) is 5.11. The first-order valence-electron chi connectivity index (χ1n) is 8.32. The van der Waals surface area contributed by atoms with E-state index >= 15 is 0 Å². The SMILES string of the molecule is CO[C@H](C(=O)N1CC[C@H](CN2CCCCC2)C1)C1CC1. The summed E-state index contributed by atoms with van der Waals surface area (Å²) >= 11 is 0. The predicted octanol–water partition coefficient (Wildman–Crippen LogP) is 1.75. The summed E-state index contributed by atoms with van der Waals surface area (Å²) in [6.45, 7) is 5.58. The molecule has 0 N–H and O–H groups in total. The Labute approximate surface area is 122 Å². The molecule has 0 spiro atoms. The Morgan fingerprint density at radius 3 is 2.55 bits per heavy atom. The molecule has 1 amide bonds. The van der Waals surface area contributed by atoms with E-state index in [-0.39, 0.29) is 12.0 Å². The molecule has 20 heavy (non-hydrogen) atoms. The number of rotatable bonds is 5. The maximum absolute atomic E-state index is 12.5. The van der Waals surface area contributed by atoms with E-state index in [0.29, 0.717) is 11.8 Å². The van der Waals surface area contributed by atoms with Gasteiger partial charge in [0.1, 0.15) is 6.10 Å². The minimum Gasteiger partial charge on any atom is -0.371 e. The number of carbonyl (C=O) groups is 1. The number of piperidine rings is 1. The van der Waals surface area contributed by atoms with Crippen LogP contribution in [0.1, 0.15) is 38.5 Å². The van der Waals surface area contributed by atoms with E-state index in [9.17, 15) is 4.79 Å². The van der Waals surface area contributed by atoms with Crippen LogP contribution >= 0.6 is 0 Å². The molecule has 114 valence electrons. The average Bonchev–Trinajstić information content (AvgIpc) is 3.19. The van der Waals surface area contributed by atoms with E-state index in [4.69, 9.17) is 4.74 Å². The van der Waals surface area contributed by atoms with Crippen LogP contribution in [0, 0.1) is 11.8 Å². The van der Waals surface area contributed by atoms with Gasteiger partial charge in [0.15, 0.2) is 0 Å². The number of amides is 1. The van der Waals surface area contributed by atoms with Crippen molar-refractivity contribution in [2.24, 2.45) is 11.8 Å². The van der Waals surface area contributed by atoms with Crippen LogP contribution in [-0.4, -0.2) is 61.6 Å². The van der Waals surface area contributed by atoms with Crippen molar-refractivity contribution in [1.29, 1.82) is 0 Å². The van der Waals surface area contributed by atoms with Gasteiger partial charge < -0.3 is 14.5 Å². The van der Waals surface area contributed by atoms with E-state index < -0.39 is 0 Å². The van der Waals surface area contributed by atoms with Gasteiger partial charge in [-0.2, -0.15) is 0 Å². The normalized spacial score (nSPS) is 29.6. The molecule has 4 nitrogen and oxygen atoms in total. The second kappa shape index (κ2) is 6.44. The summed E-state index contributed by atoms with van der Waals surface area (Å²) < 4.78 is 5.43. The number of hydrogen-bond donors (Lipinski definition) is 0. The molecule has 2 aliphatic heterocycles. The van der Waals surface area contributed by atoms with Crippen molar-refractivity contribution in [3.63, 3.8) is 0 Å². The topological polar surface area (TPSA) is 32.8 Å². The summed E-state index contributed by atoms with van der Waals surface area (Å²) in [5, 5.41) is 0. The number of nitrogens with zero attached hydrogens (tertiary/aromatic N) is 2. The molecule has 4 heteroatoms. The fraction of sp³-hybridized carbons (Fsp3) is 0.938. The van der Waals surface area contributed by atoms with Gasteiger partial charge in [-0.3, -0.25) is 4.79 Å². The number of methoxy groups -OCH3 is 1. The Bertz CT molecular complexity index is 337. The zero-order valence-corrected chi connectivity index (χ0v) is 12.7. The molecular weight excluding hydrogens is 252 g/mol. The second-order valence-electron chi connectivity index (χ2n) is 6.79. The molecule has 1 aliphatic carbocycles. The Morgan fingerprint density at radius 1 is 1.15 bits per heavy atom. The number of likely N-dealkylation sites (tertiary alicyclic amines) is 2. The smallest absolute Gasteiger partial charge is 0.251 e. The monoisotopic (exact) mass is 280 g/mol. The third-order valence-corrected chi connectivity index (χ3v) is 5.11. The molecular formula is C16H28N2O2. The van der Waals surface area contributed by atoms with Crippen LogP contribution in [0.5, 0.6) is 0 Å². The van der Waals surface area contributed by atoms with Crippen LogP contribution in [-0.2, 0) is 9.53 Å². The van der Waals surface area contributed by atoms with Gasteiger partial charge in [-0.05, 0) is 57.0 Å². The molecule has 2 atom stereocenters. The molecule has 3 aliphatic rings. The lowest BCUT2D eigenvalue weighted by molar-refractivity contribution is -0.142. The van der Waals surface area contributed by atoms with Crippen LogP contribution < -0.4 is 0 Å². The molecule has 2 saturated heterocycles. The van der Waals surface area contributed by atoms with Crippen molar-refractivity contribution in [3.8, 4) is 0 Å². The number of carbonyl (C=O) groups excluding carboxylic acids is 1. The summed E-state index contributed by atoms with van der Waals surface area (Å²) in [7, 11) is 1.68. The first kappa shape index (κ1) is 14.3. The lowest BCUT2D eigenvalue weighted by Gasteiger charge is -2.29. The van der Waals surface area contributed by atoms with Gasteiger partial charge in [-0.15, -0.1) is 0 Å². The molecule has 0 aromatic rings. The summed E-state index contributed by atoms with van der Waals surface area (Å²) in [6.07, 6.45) is 7.42. The van der Waals surface area contributed by atoms with E-state index in [0.717, 1.165) is 25.9 Å². The Kier molecular flexibility index (Phi) is 4.61. The molecule has 0 radical (unpaired) electrons. The summed E-state index contributed by atoms with van der Waals surface area (Å²) in [6, 6.07) is 0. The van der Waals surface area contributed by atoms with E-state index in [1.807, 2.05) is 0 Å². The molecule has 0 bridgehead atoms. The van der Waals surface area contributed by atoms with Gasteiger partial charge in [-0.25, -0.2) is 0 Å². The van der Waals surface area contributed by atoms with E-state index in [1.54, 1.807) is 7.11 Å². The maximum Gasteiger partial charge on any atom is 0.251 e. The molecule has 0 unspecified atom stereocenters. The van der Waals surface area contributed by atoms with Crippen LogP contribution in [0.2, 0.25) is 0 Å². The van der Waals surface area contributed by atoms with E-state index in [2.05, 4.69) is 9.80 Å². The minimum atomic E-state index is -0.163. The standard InChI is InChI=1S/C16H28N2O2/c1-20-15(14-5-6-14)16(19)18-10-7-13(12-18)11-17-8-3-2-4-9-17/h13-15H,2-12H2,1H3/t13-,15+/m1/s1. The largest absolute Gasteiger partial charge is 0.371 e. The fourth-order valence-corrected chi connectivity index (χ4v) is 3.76. The zero-order chi connectivity index (χ0) is 13.9. The van der Waals surface area contributed by atoms with Gasteiger partial charge in [0.05, 0.1) is 0 Å². The highest BCUT2D eigenvalue weighted by Gasteiger charge is 2.40. The van der Waals surface area contributed by atoms with Gasteiger partial charge in [0.25, 0.3) is 5.91 Å². The highest BCUT2D eigenvalue weighted by Crippen LogP contribution is 2.35. The minimum absolute atomic E-state index is 0.163. The van der Waals surface area contributed by atoms with Gasteiger partial charge in [0, 0.05) is 26.7 Å². The van der Waals surface area contributed by atoms with Crippen molar-refractivity contribution >= 4 is 5.91 Å². The van der Waals surface area contributed by atoms with Gasteiger partial charge in [0.2, 0.25) is 0 Å². The van der Waals surface area contributed by atoms with Gasteiger partial charge in [-0.1, -0.05) is 6.42 Å². The van der Waals surface area contributed by atoms with Gasteiger partial charge >= 0.3 is 0 Å². The van der Waals surface area contributed by atoms with Crippen LogP contribution in [0.4, 0.5) is 0 Å². The summed E-state index contributed by atoms with van der Waals surface area (Å²) in [5.41, 5.74) is 0. The van der Waals surface area contributed by atoms with Crippen LogP contribution in [0.3, 0.4) is 0 Å². The summed E-state index contributed by atoms with van der Waals surface area (Å²) in [5.74, 6) is 1.42. The van der Waals surface area contributed by atoms with E-state index in [1.165, 1.54) is 45.3 Å². The quantitative estimate of drug-likeness (QED) is 0.769. The Morgan fingerprint density at radius 2 is 1.90 bits per heavy atom. The molecule has 3 rings (SSSR count). The Balaban J connectivity index is 1.47. The fourth-order valence-electron chi connectivity index (χ4n) is 3.76. The molecule has 3 fully saturated rings. The predicted molar refractivity (Wildman–Crippen MR) is 78.5 cm³/mol. The average molecular weight is 280 g/mol. The number of hydrogen-bond acceptors (Lipinski definition) is 3. The van der Waals surface area contributed by atoms with Crippen LogP contribution in [0.15, 0.2) is 0 Å². The van der Waals surface area contributed by atoms with Crippen molar-refractivity contribution in [2.45, 2.75) is 44.6 Å². The highest BCUT2D eigenvalue weighted by atomic mass is 16.5. The van der Waals surface area contributed by atoms with Crippen molar-refractivity contribution in [3.05, 3.63) is 0 Å². The molecule has 0 aromatic carbocycles. The first-order chi connectivity index (χ1) is 9.78. The highest BCUT2D eigenvalue weighted by molar-refractivity contribution is 5.82. The van der Waals surface area contributed by atoms with Crippen molar-refractivity contribution < 1.29 is 9.53 Å². The Hall–Kier alpha value is -0.610. The first-order valence-corrected chi connectivity index (χ1v) is 8.32.